The Morgan fingerprint density at radius 2 is 2.35 bits per heavy atom. The maximum Gasteiger partial charge on any atom is 0.217 e. The lowest BCUT2D eigenvalue weighted by molar-refractivity contribution is 0.428. The van der Waals surface area contributed by atoms with Crippen LogP contribution in [0.5, 0.6) is 0 Å². The van der Waals surface area contributed by atoms with Crippen molar-refractivity contribution in [2.24, 2.45) is 0 Å². The lowest BCUT2D eigenvalue weighted by Crippen LogP contribution is -2.45. The van der Waals surface area contributed by atoms with Crippen molar-refractivity contribution >= 4 is 10.0 Å². The molecule has 1 fully saturated rings. The number of aromatic nitrogens is 1. The topological polar surface area (TPSA) is 71.1 Å². The Hall–Kier alpha value is -0.980. The fourth-order valence-electron chi connectivity index (χ4n) is 1.93. The quantitative estimate of drug-likeness (QED) is 0.809. The molecule has 1 aliphatic heterocycles. The van der Waals surface area contributed by atoms with Crippen molar-refractivity contribution < 1.29 is 8.42 Å². The number of piperidine rings is 1. The highest BCUT2D eigenvalue weighted by Crippen LogP contribution is 2.06. The van der Waals surface area contributed by atoms with Gasteiger partial charge in [0.15, 0.2) is 0 Å². The van der Waals surface area contributed by atoms with Crippen molar-refractivity contribution in [2.75, 3.05) is 13.1 Å². The molecule has 1 aromatic heterocycles. The normalized spacial score (nSPS) is 21.3. The molecular formula is C11H17N3O2S. The number of hydrogen-bond acceptors (Lipinski definition) is 4. The molecule has 17 heavy (non-hydrogen) atoms. The first-order chi connectivity index (χ1) is 8.16. The summed E-state index contributed by atoms with van der Waals surface area (Å²) >= 11 is 0. The summed E-state index contributed by atoms with van der Waals surface area (Å²) in [5.41, 5.74) is 0.573. The fraction of sp³-hybridized carbons (Fsp3) is 0.545. The molecular weight excluding hydrogens is 238 g/mol. The fourth-order valence-corrected chi connectivity index (χ4v) is 3.28. The first-order valence-corrected chi connectivity index (χ1v) is 7.41. The van der Waals surface area contributed by atoms with E-state index in [1.54, 1.807) is 24.4 Å². The number of nitrogens with one attached hydrogen (secondary N) is 2. The average molecular weight is 255 g/mol. The van der Waals surface area contributed by atoms with E-state index in [4.69, 9.17) is 0 Å². The molecule has 1 saturated heterocycles. The largest absolute Gasteiger partial charge is 0.315 e. The Balaban J connectivity index is 1.94. The number of pyridine rings is 1. The summed E-state index contributed by atoms with van der Waals surface area (Å²) in [7, 11) is -3.29. The van der Waals surface area contributed by atoms with E-state index < -0.39 is 10.0 Å². The first-order valence-electron chi connectivity index (χ1n) is 5.76. The van der Waals surface area contributed by atoms with Crippen molar-refractivity contribution in [2.45, 2.75) is 24.6 Å². The Kier molecular flexibility index (Phi) is 4.09. The van der Waals surface area contributed by atoms with Gasteiger partial charge in [0.1, 0.15) is 5.75 Å². The van der Waals surface area contributed by atoms with Crippen LogP contribution < -0.4 is 10.0 Å². The second kappa shape index (κ2) is 5.57. The third-order valence-corrected chi connectivity index (χ3v) is 4.08. The zero-order valence-corrected chi connectivity index (χ0v) is 10.4. The molecule has 0 aliphatic carbocycles. The molecule has 6 heteroatoms. The molecule has 0 amide bonds. The summed E-state index contributed by atoms with van der Waals surface area (Å²) in [5.74, 6) is -0.0513. The molecule has 0 radical (unpaired) electrons. The van der Waals surface area contributed by atoms with Gasteiger partial charge in [-0.1, -0.05) is 6.07 Å². The highest BCUT2D eigenvalue weighted by Gasteiger charge is 2.20. The molecule has 2 heterocycles. The molecule has 2 rings (SSSR count). The Morgan fingerprint density at radius 3 is 3.00 bits per heavy atom. The van der Waals surface area contributed by atoms with E-state index in [0.29, 0.717) is 12.2 Å². The standard InChI is InChI=1S/C11H17N3O2S/c15-17(16,9-11-4-1-2-7-13-11)14-10-5-3-6-12-8-10/h1-2,4,7,10,12,14H,3,5-6,8-9H2/t10-/m0/s1. The Labute approximate surface area is 102 Å². The molecule has 0 saturated carbocycles. The van der Waals surface area contributed by atoms with E-state index in [1.165, 1.54) is 0 Å². The first kappa shape index (κ1) is 12.5. The molecule has 0 aromatic carbocycles. The minimum atomic E-state index is -3.29. The molecule has 5 nitrogen and oxygen atoms in total. The summed E-state index contributed by atoms with van der Waals surface area (Å²) < 4.78 is 26.5. The summed E-state index contributed by atoms with van der Waals surface area (Å²) in [4.78, 5) is 4.02. The summed E-state index contributed by atoms with van der Waals surface area (Å²) in [5, 5.41) is 3.18. The van der Waals surface area contributed by atoms with Gasteiger partial charge in [-0.05, 0) is 31.5 Å². The van der Waals surface area contributed by atoms with E-state index in [2.05, 4.69) is 15.0 Å². The zero-order chi connectivity index (χ0) is 12.1. The average Bonchev–Trinajstić information content (AvgIpc) is 2.30. The van der Waals surface area contributed by atoms with E-state index in [1.807, 2.05) is 0 Å². The zero-order valence-electron chi connectivity index (χ0n) is 9.59. The molecule has 0 spiro atoms. The van der Waals surface area contributed by atoms with Crippen LogP contribution in [0.3, 0.4) is 0 Å². The van der Waals surface area contributed by atoms with Crippen LogP contribution in [0.25, 0.3) is 0 Å². The van der Waals surface area contributed by atoms with Crippen LogP contribution in [0.4, 0.5) is 0 Å². The number of sulfonamides is 1. The third kappa shape index (κ3) is 4.07. The van der Waals surface area contributed by atoms with E-state index >= 15 is 0 Å². The summed E-state index contributed by atoms with van der Waals surface area (Å²) in [6.45, 7) is 1.68. The van der Waals surface area contributed by atoms with Crippen LogP contribution in [0.1, 0.15) is 18.5 Å². The van der Waals surface area contributed by atoms with Gasteiger partial charge in [-0.2, -0.15) is 0 Å². The molecule has 1 aliphatic rings. The molecule has 1 atom stereocenters. The van der Waals surface area contributed by atoms with Gasteiger partial charge in [-0.15, -0.1) is 0 Å². The van der Waals surface area contributed by atoms with Gasteiger partial charge in [0, 0.05) is 18.8 Å². The number of nitrogens with zero attached hydrogens (tertiary/aromatic N) is 1. The van der Waals surface area contributed by atoms with Crippen LogP contribution in [-0.2, 0) is 15.8 Å². The highest BCUT2D eigenvalue weighted by atomic mass is 32.2. The van der Waals surface area contributed by atoms with Gasteiger partial charge < -0.3 is 5.32 Å². The van der Waals surface area contributed by atoms with Gasteiger partial charge >= 0.3 is 0 Å². The van der Waals surface area contributed by atoms with Crippen molar-refractivity contribution in [1.29, 1.82) is 0 Å². The SMILES string of the molecule is O=S(=O)(Cc1ccccn1)N[C@H]1CCCNC1. The highest BCUT2D eigenvalue weighted by molar-refractivity contribution is 7.88. The number of rotatable bonds is 4. The van der Waals surface area contributed by atoms with Crippen LogP contribution in [0.2, 0.25) is 0 Å². The lowest BCUT2D eigenvalue weighted by Gasteiger charge is -2.23. The van der Waals surface area contributed by atoms with Crippen LogP contribution in [0, 0.1) is 0 Å². The van der Waals surface area contributed by atoms with Gasteiger partial charge in [-0.25, -0.2) is 13.1 Å². The molecule has 0 unspecified atom stereocenters. The minimum Gasteiger partial charge on any atom is -0.315 e. The smallest absolute Gasteiger partial charge is 0.217 e. The van der Waals surface area contributed by atoms with Crippen molar-refractivity contribution in [3.8, 4) is 0 Å². The molecule has 1 aromatic rings. The van der Waals surface area contributed by atoms with E-state index in [-0.39, 0.29) is 11.8 Å². The second-order valence-electron chi connectivity index (χ2n) is 4.24. The third-order valence-electron chi connectivity index (χ3n) is 2.71. The molecule has 94 valence electrons. The molecule has 0 bridgehead atoms. The lowest BCUT2D eigenvalue weighted by atomic mass is 10.1. The van der Waals surface area contributed by atoms with Crippen LogP contribution in [-0.4, -0.2) is 32.5 Å². The van der Waals surface area contributed by atoms with Crippen LogP contribution >= 0.6 is 0 Å². The van der Waals surface area contributed by atoms with Gasteiger partial charge in [0.25, 0.3) is 0 Å². The van der Waals surface area contributed by atoms with E-state index in [0.717, 1.165) is 19.4 Å². The maximum absolute atomic E-state index is 11.9. The second-order valence-corrected chi connectivity index (χ2v) is 6.00. The Morgan fingerprint density at radius 1 is 1.47 bits per heavy atom. The van der Waals surface area contributed by atoms with Crippen molar-refractivity contribution in [3.05, 3.63) is 30.1 Å². The minimum absolute atomic E-state index is 0.0115. The van der Waals surface area contributed by atoms with E-state index in [9.17, 15) is 8.42 Å². The summed E-state index contributed by atoms with van der Waals surface area (Å²) in [6.07, 6.45) is 3.51. The van der Waals surface area contributed by atoms with Crippen molar-refractivity contribution in [1.82, 2.24) is 15.0 Å². The predicted molar refractivity (Wildman–Crippen MR) is 65.9 cm³/mol. The number of hydrogen-bond donors (Lipinski definition) is 2. The Bertz CT molecular complexity index is 441. The van der Waals surface area contributed by atoms with Gasteiger partial charge in [-0.3, -0.25) is 4.98 Å². The maximum atomic E-state index is 11.9. The predicted octanol–water partition coefficient (Wildman–Crippen LogP) is 0.253. The molecule has 2 N–H and O–H groups in total. The van der Waals surface area contributed by atoms with Gasteiger partial charge in [0.2, 0.25) is 10.0 Å². The van der Waals surface area contributed by atoms with Crippen LogP contribution in [0.15, 0.2) is 24.4 Å². The van der Waals surface area contributed by atoms with Gasteiger partial charge in [0.05, 0.1) is 5.69 Å². The summed E-state index contributed by atoms with van der Waals surface area (Å²) in [6, 6.07) is 5.30. The van der Waals surface area contributed by atoms with Crippen molar-refractivity contribution in [3.63, 3.8) is 0 Å². The monoisotopic (exact) mass is 255 g/mol.